The Morgan fingerprint density at radius 2 is 1.89 bits per heavy atom. The van der Waals surface area contributed by atoms with Crippen molar-refractivity contribution in [2.75, 3.05) is 31.1 Å². The second-order valence-electron chi connectivity index (χ2n) is 11.2. The molecule has 0 aromatic heterocycles. The van der Waals surface area contributed by atoms with E-state index in [1.54, 1.807) is 17.0 Å². The maximum atomic E-state index is 14.3. The summed E-state index contributed by atoms with van der Waals surface area (Å²) >= 11 is 0. The van der Waals surface area contributed by atoms with Crippen LogP contribution in [0.25, 0.3) is 0 Å². The lowest BCUT2D eigenvalue weighted by atomic mass is 9.74. The number of rotatable bonds is 5. The molecule has 0 radical (unpaired) electrons. The van der Waals surface area contributed by atoms with Crippen LogP contribution in [0.3, 0.4) is 0 Å². The van der Waals surface area contributed by atoms with Gasteiger partial charge in [-0.05, 0) is 94.6 Å². The minimum Gasteiger partial charge on any atom is -0.450 e. The molecule has 1 spiro atoms. The molecule has 2 aliphatic carbocycles. The lowest BCUT2D eigenvalue weighted by Gasteiger charge is -2.43. The van der Waals surface area contributed by atoms with Gasteiger partial charge in [-0.15, -0.1) is 0 Å². The van der Waals surface area contributed by atoms with Crippen molar-refractivity contribution in [3.63, 3.8) is 0 Å². The molecule has 1 saturated heterocycles. The van der Waals surface area contributed by atoms with Gasteiger partial charge in [0.25, 0.3) is 0 Å². The number of carbonyl (C=O) groups excluding carboxylic acids is 2. The molecule has 2 atom stereocenters. The van der Waals surface area contributed by atoms with E-state index < -0.39 is 0 Å². The highest BCUT2D eigenvalue weighted by Gasteiger charge is 2.48. The predicted octanol–water partition coefficient (Wildman–Crippen LogP) is 5.51. The minimum atomic E-state index is -0.307. The molecule has 0 bridgehead atoms. The van der Waals surface area contributed by atoms with Crippen LogP contribution in [-0.4, -0.2) is 61.5 Å². The number of ether oxygens (including phenoxy) is 2. The smallest absolute Gasteiger partial charge is 0.414 e. The highest BCUT2D eigenvalue weighted by molar-refractivity contribution is 5.91. The summed E-state index contributed by atoms with van der Waals surface area (Å²) in [4.78, 5) is 29.5. The van der Waals surface area contributed by atoms with E-state index in [4.69, 9.17) is 9.47 Å². The van der Waals surface area contributed by atoms with E-state index in [-0.39, 0.29) is 35.6 Å². The van der Waals surface area contributed by atoms with Gasteiger partial charge in [-0.2, -0.15) is 0 Å². The van der Waals surface area contributed by atoms with E-state index >= 15 is 0 Å². The molecule has 2 unspecified atom stereocenters. The second-order valence-corrected chi connectivity index (χ2v) is 11.2. The topological polar surface area (TPSA) is 71.1 Å². The van der Waals surface area contributed by atoms with Crippen molar-refractivity contribution in [1.82, 2.24) is 10.2 Å². The Labute approximate surface area is 213 Å². The molecule has 1 aromatic carbocycles. The molecule has 2 amide bonds. The molecular weight excluding hydrogens is 461 g/mol. The van der Waals surface area contributed by atoms with Gasteiger partial charge < -0.3 is 19.7 Å². The molecule has 198 valence electrons. The van der Waals surface area contributed by atoms with Gasteiger partial charge in [0, 0.05) is 24.0 Å². The average molecular weight is 502 g/mol. The number of benzene rings is 1. The van der Waals surface area contributed by atoms with Gasteiger partial charge in [-0.3, -0.25) is 4.90 Å². The van der Waals surface area contributed by atoms with E-state index in [1.807, 2.05) is 6.92 Å². The number of fused-ring (bicyclic) bond motifs is 2. The van der Waals surface area contributed by atoms with Crippen LogP contribution in [0.2, 0.25) is 0 Å². The molecular formula is C28H40FN3O4. The Morgan fingerprint density at radius 3 is 2.61 bits per heavy atom. The summed E-state index contributed by atoms with van der Waals surface area (Å²) in [6.45, 7) is 4.80. The number of hydrogen-bond acceptors (Lipinski definition) is 5. The van der Waals surface area contributed by atoms with Gasteiger partial charge in [0.05, 0.1) is 12.3 Å². The highest BCUT2D eigenvalue weighted by atomic mass is 19.1. The Balaban J connectivity index is 1.24. The first-order chi connectivity index (χ1) is 17.5. The third-order valence-electron chi connectivity index (χ3n) is 8.75. The normalized spacial score (nSPS) is 26.1. The largest absolute Gasteiger partial charge is 0.450 e. The molecule has 2 heterocycles. The van der Waals surface area contributed by atoms with E-state index in [2.05, 4.69) is 10.2 Å². The monoisotopic (exact) mass is 501 g/mol. The fourth-order valence-corrected chi connectivity index (χ4v) is 6.44. The zero-order valence-electron chi connectivity index (χ0n) is 21.5. The van der Waals surface area contributed by atoms with Gasteiger partial charge in [-0.25, -0.2) is 14.0 Å². The third kappa shape index (κ3) is 5.34. The zero-order chi connectivity index (χ0) is 25.1. The van der Waals surface area contributed by atoms with Gasteiger partial charge in [0.1, 0.15) is 11.9 Å². The number of hydrogen-bond donors (Lipinski definition) is 1. The van der Waals surface area contributed by atoms with Crippen molar-refractivity contribution in [2.45, 2.75) is 101 Å². The molecule has 8 heteroatoms. The van der Waals surface area contributed by atoms with Crippen molar-refractivity contribution < 1.29 is 23.5 Å². The van der Waals surface area contributed by atoms with Crippen LogP contribution in [0.4, 0.5) is 19.7 Å². The van der Waals surface area contributed by atoms with Crippen LogP contribution in [-0.2, 0) is 14.9 Å². The van der Waals surface area contributed by atoms with E-state index in [0.29, 0.717) is 19.2 Å². The van der Waals surface area contributed by atoms with Crippen LogP contribution in [0, 0.1) is 5.82 Å². The van der Waals surface area contributed by atoms with Crippen LogP contribution in [0.5, 0.6) is 0 Å². The van der Waals surface area contributed by atoms with Gasteiger partial charge >= 0.3 is 12.2 Å². The maximum absolute atomic E-state index is 14.3. The van der Waals surface area contributed by atoms with Crippen LogP contribution in [0.1, 0.15) is 83.1 Å². The van der Waals surface area contributed by atoms with Crippen molar-refractivity contribution in [3.8, 4) is 0 Å². The quantitative estimate of drug-likeness (QED) is 0.539. The molecule has 7 nitrogen and oxygen atoms in total. The summed E-state index contributed by atoms with van der Waals surface area (Å²) in [5.41, 5.74) is 1.52. The van der Waals surface area contributed by atoms with Crippen LogP contribution < -0.4 is 10.2 Å². The molecule has 5 rings (SSSR count). The Hall–Kier alpha value is -2.35. The number of carbonyl (C=O) groups is 2. The molecule has 1 N–H and O–H groups in total. The first-order valence-electron chi connectivity index (χ1n) is 13.9. The molecule has 2 aliphatic heterocycles. The first kappa shape index (κ1) is 25.3. The minimum absolute atomic E-state index is 0.0239. The molecule has 2 saturated carbocycles. The summed E-state index contributed by atoms with van der Waals surface area (Å²) in [5.74, 6) is -0.252. The first-order valence-corrected chi connectivity index (χ1v) is 13.9. The maximum Gasteiger partial charge on any atom is 0.414 e. The Morgan fingerprint density at radius 1 is 1.11 bits per heavy atom. The predicted molar refractivity (Wildman–Crippen MR) is 136 cm³/mol. The molecule has 3 fully saturated rings. The SMILES string of the molecule is CCCOC(=O)NC1CCCCC(N2CCC3(CC2)CN(C(=O)OC2CCC2)c2ccc(F)cc23)C1. The Bertz CT molecular complexity index is 945. The number of halogens is 1. The van der Waals surface area contributed by atoms with Crippen molar-refractivity contribution in [1.29, 1.82) is 0 Å². The highest BCUT2D eigenvalue weighted by Crippen LogP contribution is 2.48. The van der Waals surface area contributed by atoms with E-state index in [0.717, 1.165) is 95.0 Å². The third-order valence-corrected chi connectivity index (χ3v) is 8.75. The summed E-state index contributed by atoms with van der Waals surface area (Å²) in [7, 11) is 0. The number of likely N-dealkylation sites (tertiary alicyclic amines) is 1. The van der Waals surface area contributed by atoms with Gasteiger partial charge in [0.2, 0.25) is 0 Å². The number of anilines is 1. The van der Waals surface area contributed by atoms with Gasteiger partial charge in [0.15, 0.2) is 0 Å². The summed E-state index contributed by atoms with van der Waals surface area (Å²) in [6, 6.07) is 5.37. The Kier molecular flexibility index (Phi) is 7.70. The van der Waals surface area contributed by atoms with Crippen molar-refractivity contribution in [3.05, 3.63) is 29.6 Å². The fraction of sp³-hybridized carbons (Fsp3) is 0.714. The lowest BCUT2D eigenvalue weighted by molar-refractivity contribution is 0.0559. The van der Waals surface area contributed by atoms with Crippen molar-refractivity contribution in [2.24, 2.45) is 0 Å². The number of alkyl carbamates (subject to hydrolysis) is 1. The van der Waals surface area contributed by atoms with Crippen LogP contribution >= 0.6 is 0 Å². The number of amides is 2. The van der Waals surface area contributed by atoms with E-state index in [1.165, 1.54) is 6.07 Å². The summed E-state index contributed by atoms with van der Waals surface area (Å²) in [6.07, 6.45) is 10.3. The fourth-order valence-electron chi connectivity index (χ4n) is 6.44. The number of nitrogens with zero attached hydrogens (tertiary/aromatic N) is 2. The van der Waals surface area contributed by atoms with Gasteiger partial charge in [-0.1, -0.05) is 19.8 Å². The summed E-state index contributed by atoms with van der Waals surface area (Å²) in [5, 5.41) is 3.09. The van der Waals surface area contributed by atoms with E-state index in [9.17, 15) is 14.0 Å². The summed E-state index contributed by atoms with van der Waals surface area (Å²) < 4.78 is 25.3. The number of nitrogens with one attached hydrogen (secondary N) is 1. The molecule has 1 aromatic rings. The van der Waals surface area contributed by atoms with Crippen molar-refractivity contribution >= 4 is 17.9 Å². The zero-order valence-corrected chi connectivity index (χ0v) is 21.5. The second kappa shape index (κ2) is 11.0. The average Bonchev–Trinajstić information content (AvgIpc) is 2.98. The lowest BCUT2D eigenvalue weighted by Crippen LogP contribution is -2.50. The molecule has 36 heavy (non-hydrogen) atoms. The standard InChI is InChI=1S/C28H40FN3O4/c1-2-16-35-26(33)30-21-6-3-4-7-22(18-21)31-14-12-28(13-15-31)19-32(27(34)36-23-8-5-9-23)25-11-10-20(29)17-24(25)28/h10-11,17,21-23H,2-9,12-16,18-19H2,1H3,(H,30,33). The molecule has 4 aliphatic rings. The number of piperidine rings is 1. The van der Waals surface area contributed by atoms with Crippen LogP contribution in [0.15, 0.2) is 18.2 Å².